The highest BCUT2D eigenvalue weighted by molar-refractivity contribution is 5.88. The van der Waals surface area contributed by atoms with E-state index in [1.165, 1.54) is 19.3 Å². The van der Waals surface area contributed by atoms with Gasteiger partial charge < -0.3 is 9.64 Å². The molecule has 0 aromatic carbocycles. The summed E-state index contributed by atoms with van der Waals surface area (Å²) < 4.78 is 5.46. The van der Waals surface area contributed by atoms with Gasteiger partial charge in [-0.1, -0.05) is 12.5 Å². The average molecular weight is 237 g/mol. The van der Waals surface area contributed by atoms with E-state index >= 15 is 0 Å². The van der Waals surface area contributed by atoms with Crippen molar-refractivity contribution in [3.05, 3.63) is 23.9 Å². The van der Waals surface area contributed by atoms with E-state index in [0.717, 1.165) is 12.8 Å². The summed E-state index contributed by atoms with van der Waals surface area (Å²) in [5.74, 6) is -0.180. The minimum Gasteiger partial charge on any atom is -0.459 e. The predicted molar refractivity (Wildman–Crippen MR) is 69.5 cm³/mol. The van der Waals surface area contributed by atoms with Gasteiger partial charge in [-0.05, 0) is 44.9 Å². The van der Waals surface area contributed by atoms with Crippen LogP contribution in [0.4, 0.5) is 0 Å². The normalized spacial score (nSPS) is 18.4. The number of hydrogen-bond donors (Lipinski definition) is 0. The second-order valence-electron chi connectivity index (χ2n) is 4.82. The SMILES string of the molecule is C/C(=C/C=C/N(C)C)C(=O)OC1CCCCC1. The number of ether oxygens (including phenoxy) is 1. The topological polar surface area (TPSA) is 29.5 Å². The van der Waals surface area contributed by atoms with Crippen molar-refractivity contribution in [3.8, 4) is 0 Å². The van der Waals surface area contributed by atoms with Crippen LogP contribution in [-0.2, 0) is 9.53 Å². The summed E-state index contributed by atoms with van der Waals surface area (Å²) in [6.07, 6.45) is 11.4. The van der Waals surface area contributed by atoms with Gasteiger partial charge >= 0.3 is 5.97 Å². The zero-order valence-corrected chi connectivity index (χ0v) is 11.1. The third kappa shape index (κ3) is 5.57. The Kier molecular flexibility index (Phi) is 5.81. The lowest BCUT2D eigenvalue weighted by atomic mass is 9.98. The molecule has 0 amide bonds. The molecule has 0 bridgehead atoms. The lowest BCUT2D eigenvalue weighted by Crippen LogP contribution is -2.21. The van der Waals surface area contributed by atoms with Crippen LogP contribution in [0.5, 0.6) is 0 Å². The van der Waals surface area contributed by atoms with E-state index in [1.54, 1.807) is 13.0 Å². The quantitative estimate of drug-likeness (QED) is 0.428. The van der Waals surface area contributed by atoms with E-state index in [-0.39, 0.29) is 12.1 Å². The third-order valence-electron chi connectivity index (χ3n) is 2.88. The smallest absolute Gasteiger partial charge is 0.333 e. The maximum atomic E-state index is 11.7. The van der Waals surface area contributed by atoms with E-state index in [9.17, 15) is 4.79 Å². The molecule has 1 rings (SSSR count). The summed E-state index contributed by atoms with van der Waals surface area (Å²) in [6, 6.07) is 0. The van der Waals surface area contributed by atoms with Crippen molar-refractivity contribution in [2.24, 2.45) is 0 Å². The van der Waals surface area contributed by atoms with Crippen molar-refractivity contribution >= 4 is 5.97 Å². The fourth-order valence-corrected chi connectivity index (χ4v) is 1.85. The van der Waals surface area contributed by atoms with Crippen LogP contribution in [0.1, 0.15) is 39.0 Å². The Morgan fingerprint density at radius 1 is 1.24 bits per heavy atom. The van der Waals surface area contributed by atoms with Crippen molar-refractivity contribution in [3.63, 3.8) is 0 Å². The lowest BCUT2D eigenvalue weighted by molar-refractivity contribution is -0.145. The number of carbonyl (C=O) groups excluding carboxylic acids is 1. The van der Waals surface area contributed by atoms with Gasteiger partial charge in [-0.3, -0.25) is 0 Å². The first-order chi connectivity index (χ1) is 8.09. The molecule has 0 aliphatic heterocycles. The van der Waals surface area contributed by atoms with Crippen molar-refractivity contribution in [2.75, 3.05) is 14.1 Å². The molecule has 1 saturated carbocycles. The maximum Gasteiger partial charge on any atom is 0.333 e. The summed E-state index contributed by atoms with van der Waals surface area (Å²) in [5.41, 5.74) is 0.661. The van der Waals surface area contributed by atoms with E-state index < -0.39 is 0 Å². The molecule has 1 aliphatic rings. The molecule has 3 nitrogen and oxygen atoms in total. The van der Waals surface area contributed by atoms with E-state index in [4.69, 9.17) is 4.74 Å². The fraction of sp³-hybridized carbons (Fsp3) is 0.643. The molecule has 1 aliphatic carbocycles. The first-order valence-corrected chi connectivity index (χ1v) is 6.32. The number of carbonyl (C=O) groups is 1. The van der Waals surface area contributed by atoms with Crippen LogP contribution >= 0.6 is 0 Å². The van der Waals surface area contributed by atoms with Crippen molar-refractivity contribution in [2.45, 2.75) is 45.1 Å². The summed E-state index contributed by atoms with van der Waals surface area (Å²) in [4.78, 5) is 13.7. The number of allylic oxidation sites excluding steroid dienone is 2. The van der Waals surface area contributed by atoms with Crippen LogP contribution in [0.2, 0.25) is 0 Å². The van der Waals surface area contributed by atoms with Crippen LogP contribution in [0, 0.1) is 0 Å². The fourth-order valence-electron chi connectivity index (χ4n) is 1.85. The standard InChI is InChI=1S/C14H23NO2/c1-12(8-7-11-15(2)3)14(16)17-13-9-5-4-6-10-13/h7-8,11,13H,4-6,9-10H2,1-3H3/b11-7+,12-8-. The monoisotopic (exact) mass is 237 g/mol. The van der Waals surface area contributed by atoms with Gasteiger partial charge in [0.2, 0.25) is 0 Å². The molecule has 0 aromatic heterocycles. The van der Waals surface area contributed by atoms with Gasteiger partial charge in [-0.2, -0.15) is 0 Å². The Balaban J connectivity index is 2.40. The van der Waals surface area contributed by atoms with Crippen LogP contribution in [-0.4, -0.2) is 31.1 Å². The Labute approximate surface area is 104 Å². The molecule has 0 atom stereocenters. The highest BCUT2D eigenvalue weighted by Gasteiger charge is 2.17. The van der Waals surface area contributed by atoms with Gasteiger partial charge in [-0.15, -0.1) is 0 Å². The van der Waals surface area contributed by atoms with Gasteiger partial charge in [0, 0.05) is 19.7 Å². The van der Waals surface area contributed by atoms with Crippen LogP contribution < -0.4 is 0 Å². The number of hydrogen-bond acceptors (Lipinski definition) is 3. The molecule has 3 heteroatoms. The Morgan fingerprint density at radius 2 is 1.88 bits per heavy atom. The highest BCUT2D eigenvalue weighted by Crippen LogP contribution is 2.21. The Bertz CT molecular complexity index is 299. The minimum atomic E-state index is -0.180. The Hall–Kier alpha value is -1.25. The zero-order valence-electron chi connectivity index (χ0n) is 11.1. The van der Waals surface area contributed by atoms with Gasteiger partial charge in [0.15, 0.2) is 0 Å². The second-order valence-corrected chi connectivity index (χ2v) is 4.82. The molecule has 1 fully saturated rings. The molecule has 96 valence electrons. The van der Waals surface area contributed by atoms with Crippen LogP contribution in [0.25, 0.3) is 0 Å². The summed E-state index contributed by atoms with van der Waals surface area (Å²) >= 11 is 0. The molecule has 0 N–H and O–H groups in total. The molecular formula is C14H23NO2. The predicted octanol–water partition coefficient (Wildman–Crippen LogP) is 2.88. The number of esters is 1. The van der Waals surface area contributed by atoms with Gasteiger partial charge in [0.25, 0.3) is 0 Å². The van der Waals surface area contributed by atoms with Crippen molar-refractivity contribution in [1.82, 2.24) is 4.90 Å². The van der Waals surface area contributed by atoms with Crippen LogP contribution in [0.15, 0.2) is 23.9 Å². The average Bonchev–Trinajstić information content (AvgIpc) is 2.29. The maximum absolute atomic E-state index is 11.7. The highest BCUT2D eigenvalue weighted by atomic mass is 16.5. The molecule has 0 radical (unpaired) electrons. The van der Waals surface area contributed by atoms with E-state index in [0.29, 0.717) is 5.57 Å². The van der Waals surface area contributed by atoms with Crippen molar-refractivity contribution in [1.29, 1.82) is 0 Å². The molecule has 0 saturated heterocycles. The molecule has 0 unspecified atom stereocenters. The van der Waals surface area contributed by atoms with Gasteiger partial charge in [0.1, 0.15) is 6.10 Å². The first-order valence-electron chi connectivity index (χ1n) is 6.32. The largest absolute Gasteiger partial charge is 0.459 e. The summed E-state index contributed by atoms with van der Waals surface area (Å²) in [5, 5.41) is 0. The van der Waals surface area contributed by atoms with Crippen LogP contribution in [0.3, 0.4) is 0 Å². The summed E-state index contributed by atoms with van der Waals surface area (Å²) in [7, 11) is 3.89. The van der Waals surface area contributed by atoms with Crippen molar-refractivity contribution < 1.29 is 9.53 Å². The van der Waals surface area contributed by atoms with E-state index in [1.807, 2.05) is 31.3 Å². The summed E-state index contributed by atoms with van der Waals surface area (Å²) in [6.45, 7) is 1.80. The van der Waals surface area contributed by atoms with E-state index in [2.05, 4.69) is 0 Å². The molecule has 0 heterocycles. The van der Waals surface area contributed by atoms with Gasteiger partial charge in [-0.25, -0.2) is 4.79 Å². The third-order valence-corrected chi connectivity index (χ3v) is 2.88. The molecule has 0 spiro atoms. The van der Waals surface area contributed by atoms with Gasteiger partial charge in [0.05, 0.1) is 0 Å². The first kappa shape index (κ1) is 13.8. The minimum absolute atomic E-state index is 0.137. The molecule has 17 heavy (non-hydrogen) atoms. The number of rotatable bonds is 4. The number of nitrogens with zero attached hydrogens (tertiary/aromatic N) is 1. The molecule has 0 aromatic rings. The molecular weight excluding hydrogens is 214 g/mol. The zero-order chi connectivity index (χ0) is 12.7. The Morgan fingerprint density at radius 3 is 2.47 bits per heavy atom. The lowest BCUT2D eigenvalue weighted by Gasteiger charge is -2.21. The second kappa shape index (κ2) is 7.15.